The fourth-order valence-corrected chi connectivity index (χ4v) is 3.97. The second-order valence-corrected chi connectivity index (χ2v) is 8.23. The lowest BCUT2D eigenvalue weighted by Crippen LogP contribution is -2.49. The lowest BCUT2D eigenvalue weighted by Gasteiger charge is -2.36. The van der Waals surface area contributed by atoms with Crippen LogP contribution in [-0.4, -0.2) is 43.7 Å². The van der Waals surface area contributed by atoms with E-state index in [9.17, 15) is 9.18 Å². The highest BCUT2D eigenvalue weighted by Gasteiger charge is 2.35. The number of likely N-dealkylation sites (N-methyl/N-ethyl adjacent to an activating group) is 1. The molecule has 0 radical (unpaired) electrons. The zero-order chi connectivity index (χ0) is 22.1. The minimum atomic E-state index is -0.339. The number of amides is 1. The molecule has 1 aliphatic heterocycles. The van der Waals surface area contributed by atoms with Crippen molar-refractivity contribution >= 4 is 30.9 Å². The van der Waals surface area contributed by atoms with Crippen LogP contribution in [0, 0.1) is 18.7 Å². The van der Waals surface area contributed by atoms with Gasteiger partial charge in [0.05, 0.1) is 24.6 Å². The van der Waals surface area contributed by atoms with E-state index in [-0.39, 0.29) is 37.2 Å². The molecule has 8 nitrogen and oxygen atoms in total. The van der Waals surface area contributed by atoms with Crippen molar-refractivity contribution in [3.63, 3.8) is 0 Å². The second kappa shape index (κ2) is 9.64. The van der Waals surface area contributed by atoms with Gasteiger partial charge in [0.2, 0.25) is 5.91 Å². The number of halogens is 1. The molecule has 1 N–H and O–H groups in total. The molecule has 3 aromatic rings. The van der Waals surface area contributed by atoms with Gasteiger partial charge < -0.3 is 10.2 Å². The molecule has 170 valence electrons. The molecule has 4 heterocycles. The molecular formula is C22H28FN7OS. The van der Waals surface area contributed by atoms with Crippen molar-refractivity contribution in [3.05, 3.63) is 59.3 Å². The Kier molecular flexibility index (Phi) is 7.12. The Morgan fingerprint density at radius 1 is 1.22 bits per heavy atom. The molecule has 0 spiro atoms. The average Bonchev–Trinajstić information content (AvgIpc) is 3.16. The molecule has 0 bridgehead atoms. The number of rotatable bonds is 6. The van der Waals surface area contributed by atoms with Gasteiger partial charge in [0.15, 0.2) is 5.82 Å². The van der Waals surface area contributed by atoms with Gasteiger partial charge in [-0.05, 0) is 30.9 Å². The van der Waals surface area contributed by atoms with Crippen molar-refractivity contribution in [2.75, 3.05) is 17.3 Å². The number of nitrogens with zero attached hydrogens (tertiary/aromatic N) is 6. The number of hydrogen-bond acceptors (Lipinski definition) is 6. The maximum absolute atomic E-state index is 13.8. The monoisotopic (exact) mass is 457 g/mol. The van der Waals surface area contributed by atoms with Gasteiger partial charge >= 0.3 is 0 Å². The van der Waals surface area contributed by atoms with Crippen molar-refractivity contribution in [1.82, 2.24) is 24.7 Å². The van der Waals surface area contributed by atoms with E-state index in [2.05, 4.69) is 20.4 Å². The summed E-state index contributed by atoms with van der Waals surface area (Å²) in [6.45, 7) is 6.28. The third-order valence-corrected chi connectivity index (χ3v) is 5.53. The van der Waals surface area contributed by atoms with Gasteiger partial charge in [-0.1, -0.05) is 13.8 Å². The van der Waals surface area contributed by atoms with E-state index in [4.69, 9.17) is 4.98 Å². The van der Waals surface area contributed by atoms with Gasteiger partial charge in [-0.15, -0.1) is 0 Å². The molecular weight excluding hydrogens is 429 g/mol. The van der Waals surface area contributed by atoms with Gasteiger partial charge in [0.1, 0.15) is 23.4 Å². The molecule has 0 saturated carbocycles. The molecule has 0 saturated heterocycles. The number of pyridine rings is 1. The Labute approximate surface area is 193 Å². The van der Waals surface area contributed by atoms with Gasteiger partial charge in [-0.25, -0.2) is 14.4 Å². The largest absolute Gasteiger partial charge is 0.346 e. The summed E-state index contributed by atoms with van der Waals surface area (Å²) >= 11 is 0. The molecule has 1 atom stereocenters. The molecule has 0 fully saturated rings. The van der Waals surface area contributed by atoms with Gasteiger partial charge in [0, 0.05) is 31.4 Å². The molecule has 32 heavy (non-hydrogen) atoms. The first kappa shape index (κ1) is 23.6. The second-order valence-electron chi connectivity index (χ2n) is 8.23. The van der Waals surface area contributed by atoms with E-state index >= 15 is 0 Å². The summed E-state index contributed by atoms with van der Waals surface area (Å²) in [4.78, 5) is 27.5. The third kappa shape index (κ3) is 4.74. The van der Waals surface area contributed by atoms with Crippen LogP contribution in [0.3, 0.4) is 0 Å². The van der Waals surface area contributed by atoms with Crippen molar-refractivity contribution in [2.45, 2.75) is 46.2 Å². The normalized spacial score (nSPS) is 15.4. The Morgan fingerprint density at radius 2 is 2.00 bits per heavy atom. The summed E-state index contributed by atoms with van der Waals surface area (Å²) in [5.41, 5.74) is 3.00. The van der Waals surface area contributed by atoms with Crippen molar-refractivity contribution in [3.8, 4) is 0 Å². The minimum absolute atomic E-state index is 0. The number of carbonyl (C=O) groups is 1. The number of fused-ring (bicyclic) bond motifs is 1. The lowest BCUT2D eigenvalue weighted by atomic mass is 9.99. The highest BCUT2D eigenvalue weighted by Crippen LogP contribution is 2.33. The van der Waals surface area contributed by atoms with Crippen LogP contribution in [0.2, 0.25) is 0 Å². The number of hydrogen-bond donors (Lipinski definition) is 1. The molecule has 3 aromatic heterocycles. The Hall–Kier alpha value is -3.01. The first-order valence-electron chi connectivity index (χ1n) is 10.3. The molecule has 0 aromatic carbocycles. The first-order chi connectivity index (χ1) is 14.8. The number of carbonyl (C=O) groups excluding carboxylic acids is 1. The zero-order valence-corrected chi connectivity index (χ0v) is 19.6. The van der Waals surface area contributed by atoms with Crippen LogP contribution in [0.15, 0.2) is 30.9 Å². The van der Waals surface area contributed by atoms with E-state index in [1.807, 2.05) is 38.9 Å². The van der Waals surface area contributed by atoms with Crippen LogP contribution in [0.4, 0.5) is 15.9 Å². The van der Waals surface area contributed by atoms with Crippen LogP contribution >= 0.6 is 13.5 Å². The van der Waals surface area contributed by atoms with E-state index in [1.54, 1.807) is 23.1 Å². The maximum atomic E-state index is 13.8. The van der Waals surface area contributed by atoms with Gasteiger partial charge in [-0.3, -0.25) is 14.5 Å². The van der Waals surface area contributed by atoms with Crippen LogP contribution in [-0.2, 0) is 24.2 Å². The Bertz CT molecular complexity index is 1120. The van der Waals surface area contributed by atoms with Gasteiger partial charge in [-0.2, -0.15) is 18.6 Å². The molecule has 1 aliphatic rings. The van der Waals surface area contributed by atoms with Crippen LogP contribution in [0.25, 0.3) is 0 Å². The fourth-order valence-electron chi connectivity index (χ4n) is 3.97. The third-order valence-electron chi connectivity index (χ3n) is 5.53. The first-order valence-corrected chi connectivity index (χ1v) is 10.3. The zero-order valence-electron chi connectivity index (χ0n) is 18.6. The average molecular weight is 458 g/mol. The van der Waals surface area contributed by atoms with Gasteiger partial charge in [0.25, 0.3) is 0 Å². The molecule has 1 amide bonds. The number of nitrogens with one attached hydrogen (secondary N) is 1. The molecule has 10 heteroatoms. The predicted octanol–water partition coefficient (Wildman–Crippen LogP) is 2.87. The summed E-state index contributed by atoms with van der Waals surface area (Å²) in [6.07, 6.45) is 7.82. The van der Waals surface area contributed by atoms with Crippen LogP contribution in [0.5, 0.6) is 0 Å². The predicted molar refractivity (Wildman–Crippen MR) is 126 cm³/mol. The van der Waals surface area contributed by atoms with Crippen LogP contribution in [0.1, 0.15) is 36.5 Å². The Balaban J connectivity index is 0.00000289. The summed E-state index contributed by atoms with van der Waals surface area (Å²) in [6, 6.07) is 1.39. The maximum Gasteiger partial charge on any atom is 0.247 e. The summed E-state index contributed by atoms with van der Waals surface area (Å²) in [5.74, 6) is 1.27. The number of aromatic nitrogens is 5. The Morgan fingerprint density at radius 3 is 2.72 bits per heavy atom. The standard InChI is InChI=1S/C22H26FN7O.H2S/c1-13(2)20-22(31)28-19-14(3)26-18(27-21(19)29(20)4)6-5-15-9-25-30(11-15)12-16-7-8-24-10-17(16)23;/h7-11,13,20H,5-6,12H2,1-4H3,(H,28,31);1H2/t20-;/m0./s1. The molecule has 0 unspecified atom stereocenters. The summed E-state index contributed by atoms with van der Waals surface area (Å²) < 4.78 is 15.5. The van der Waals surface area contributed by atoms with Crippen molar-refractivity contribution < 1.29 is 9.18 Å². The number of aryl methyl sites for hydroxylation is 3. The highest BCUT2D eigenvalue weighted by atomic mass is 32.1. The van der Waals surface area contributed by atoms with Crippen LogP contribution < -0.4 is 10.2 Å². The lowest BCUT2D eigenvalue weighted by molar-refractivity contribution is -0.118. The minimum Gasteiger partial charge on any atom is -0.346 e. The van der Waals surface area contributed by atoms with E-state index in [1.165, 1.54) is 6.20 Å². The smallest absolute Gasteiger partial charge is 0.247 e. The van der Waals surface area contributed by atoms with Crippen molar-refractivity contribution in [1.29, 1.82) is 0 Å². The summed E-state index contributed by atoms with van der Waals surface area (Å²) in [5, 5.41) is 7.30. The topological polar surface area (TPSA) is 88.8 Å². The summed E-state index contributed by atoms with van der Waals surface area (Å²) in [7, 11) is 1.90. The SMILES string of the molecule is Cc1nc(CCc2cnn(Cc3ccncc3F)c2)nc2c1NC(=O)[C@H](C(C)C)N2C.S. The van der Waals surface area contributed by atoms with Crippen molar-refractivity contribution in [2.24, 2.45) is 5.92 Å². The fraction of sp³-hybridized carbons (Fsp3) is 0.409. The molecule has 0 aliphatic carbocycles. The molecule has 4 rings (SSSR count). The van der Waals surface area contributed by atoms with E-state index in [0.717, 1.165) is 22.9 Å². The quantitative estimate of drug-likeness (QED) is 0.612. The highest BCUT2D eigenvalue weighted by molar-refractivity contribution is 7.59. The number of anilines is 2. The van der Waals surface area contributed by atoms with E-state index in [0.29, 0.717) is 30.6 Å². The van der Waals surface area contributed by atoms with E-state index < -0.39 is 0 Å².